The summed E-state index contributed by atoms with van der Waals surface area (Å²) < 4.78 is 6.66. The molecule has 0 spiro atoms. The van der Waals surface area contributed by atoms with Crippen LogP contribution in [0, 0.1) is 0 Å². The zero-order valence-electron chi connectivity index (χ0n) is 9.42. The maximum absolute atomic E-state index is 5.47. The van der Waals surface area contributed by atoms with E-state index in [0.717, 1.165) is 13.2 Å². The second kappa shape index (κ2) is 6.63. The topological polar surface area (TPSA) is 21.3 Å². The van der Waals surface area contributed by atoms with Crippen LogP contribution in [0.2, 0.25) is 0 Å². The van der Waals surface area contributed by atoms with Crippen LogP contribution in [0.3, 0.4) is 0 Å². The van der Waals surface area contributed by atoms with Crippen molar-refractivity contribution in [2.75, 3.05) is 13.2 Å². The van der Waals surface area contributed by atoms with E-state index >= 15 is 0 Å². The lowest BCUT2D eigenvalue weighted by Gasteiger charge is -2.17. The van der Waals surface area contributed by atoms with Gasteiger partial charge in [-0.2, -0.15) is 0 Å². The molecule has 0 aliphatic rings. The molecule has 0 bridgehead atoms. The Balaban J connectivity index is 2.36. The first-order valence-corrected chi connectivity index (χ1v) is 6.90. The third kappa shape index (κ3) is 4.23. The van der Waals surface area contributed by atoms with Gasteiger partial charge in [0.15, 0.2) is 0 Å². The number of nitrogens with one attached hydrogen (secondary N) is 1. The minimum Gasteiger partial charge on any atom is -0.377 e. The monoisotopic (exact) mass is 291 g/mol. The molecule has 4 heteroatoms. The predicted molar refractivity (Wildman–Crippen MR) is 69.5 cm³/mol. The summed E-state index contributed by atoms with van der Waals surface area (Å²) in [6, 6.07) is 2.46. The van der Waals surface area contributed by atoms with E-state index in [1.807, 2.05) is 6.92 Å². The lowest BCUT2D eigenvalue weighted by atomic mass is 10.2. The van der Waals surface area contributed by atoms with E-state index in [1.165, 1.54) is 9.35 Å². The molecule has 2 unspecified atom stereocenters. The van der Waals surface area contributed by atoms with Crippen molar-refractivity contribution in [3.63, 3.8) is 0 Å². The molecule has 0 saturated heterocycles. The maximum atomic E-state index is 5.47. The lowest BCUT2D eigenvalue weighted by Crippen LogP contribution is -2.28. The molecule has 1 aromatic heterocycles. The number of hydrogen-bond acceptors (Lipinski definition) is 3. The van der Waals surface area contributed by atoms with Crippen molar-refractivity contribution in [3.8, 4) is 0 Å². The average molecular weight is 292 g/mol. The van der Waals surface area contributed by atoms with E-state index < -0.39 is 0 Å². The van der Waals surface area contributed by atoms with Crippen LogP contribution in [0.4, 0.5) is 0 Å². The van der Waals surface area contributed by atoms with Gasteiger partial charge in [-0.1, -0.05) is 0 Å². The zero-order valence-corrected chi connectivity index (χ0v) is 11.8. The molecule has 0 fully saturated rings. The summed E-state index contributed by atoms with van der Waals surface area (Å²) in [6.07, 6.45) is 0.274. The summed E-state index contributed by atoms with van der Waals surface area (Å²) in [4.78, 5) is 1.35. The smallest absolute Gasteiger partial charge is 0.0671 e. The fraction of sp³-hybridized carbons (Fsp3) is 0.636. The van der Waals surface area contributed by atoms with Gasteiger partial charge in [-0.25, -0.2) is 0 Å². The highest BCUT2D eigenvalue weighted by Gasteiger charge is 2.11. The second-order valence-electron chi connectivity index (χ2n) is 3.53. The molecule has 0 saturated carbocycles. The first kappa shape index (κ1) is 13.2. The summed E-state index contributed by atoms with van der Waals surface area (Å²) in [6.45, 7) is 7.96. The zero-order chi connectivity index (χ0) is 11.3. The highest BCUT2D eigenvalue weighted by Crippen LogP contribution is 2.28. The molecule has 0 aliphatic heterocycles. The minimum atomic E-state index is 0.274. The number of thiophene rings is 1. The fourth-order valence-corrected chi connectivity index (χ4v) is 3.14. The van der Waals surface area contributed by atoms with Gasteiger partial charge < -0.3 is 10.1 Å². The van der Waals surface area contributed by atoms with Gasteiger partial charge in [-0.05, 0) is 48.1 Å². The van der Waals surface area contributed by atoms with Crippen molar-refractivity contribution in [2.45, 2.75) is 32.9 Å². The number of hydrogen-bond donors (Lipinski definition) is 1. The molecule has 0 aromatic carbocycles. The molecule has 2 atom stereocenters. The van der Waals surface area contributed by atoms with Gasteiger partial charge in [0.1, 0.15) is 0 Å². The van der Waals surface area contributed by atoms with Gasteiger partial charge in [0, 0.05) is 28.5 Å². The Labute approximate surface area is 104 Å². The highest BCUT2D eigenvalue weighted by molar-refractivity contribution is 9.10. The van der Waals surface area contributed by atoms with E-state index in [4.69, 9.17) is 4.74 Å². The molecule has 1 aromatic rings. The minimum absolute atomic E-state index is 0.274. The Kier molecular flexibility index (Phi) is 5.82. The Morgan fingerprint density at radius 3 is 2.80 bits per heavy atom. The number of halogens is 1. The van der Waals surface area contributed by atoms with Gasteiger partial charge in [0.2, 0.25) is 0 Å². The van der Waals surface area contributed by atoms with Crippen LogP contribution in [0.1, 0.15) is 31.7 Å². The van der Waals surface area contributed by atoms with Crippen molar-refractivity contribution in [3.05, 3.63) is 20.8 Å². The molecule has 1 N–H and O–H groups in total. The van der Waals surface area contributed by atoms with Crippen LogP contribution in [-0.2, 0) is 4.74 Å². The molecule has 15 heavy (non-hydrogen) atoms. The van der Waals surface area contributed by atoms with Gasteiger partial charge >= 0.3 is 0 Å². The Morgan fingerprint density at radius 1 is 1.53 bits per heavy atom. The fourth-order valence-electron chi connectivity index (χ4n) is 1.39. The molecule has 0 amide bonds. The van der Waals surface area contributed by atoms with Crippen molar-refractivity contribution >= 4 is 27.3 Å². The van der Waals surface area contributed by atoms with Crippen LogP contribution < -0.4 is 5.32 Å². The summed E-state index contributed by atoms with van der Waals surface area (Å²) in [7, 11) is 0. The molecule has 2 nitrogen and oxygen atoms in total. The molecule has 1 heterocycles. The van der Waals surface area contributed by atoms with Crippen molar-refractivity contribution in [2.24, 2.45) is 0 Å². The summed E-state index contributed by atoms with van der Waals surface area (Å²) in [5.41, 5.74) is 0. The third-order valence-corrected chi connectivity index (χ3v) is 4.25. The second-order valence-corrected chi connectivity index (χ2v) is 5.33. The highest BCUT2D eigenvalue weighted by atomic mass is 79.9. The normalized spacial score (nSPS) is 15.2. The molecule has 1 rings (SSSR count). The molecule has 0 aliphatic carbocycles. The Hall–Kier alpha value is 0.100. The van der Waals surface area contributed by atoms with Crippen LogP contribution >= 0.6 is 27.3 Å². The van der Waals surface area contributed by atoms with Crippen LogP contribution in [0.25, 0.3) is 0 Å². The predicted octanol–water partition coefficient (Wildman–Crippen LogP) is 3.59. The molecular weight excluding hydrogens is 274 g/mol. The van der Waals surface area contributed by atoms with Gasteiger partial charge in [0.05, 0.1) is 6.10 Å². The Morgan fingerprint density at radius 2 is 2.27 bits per heavy atom. The SMILES string of the molecule is CCOC(C)CNC(C)c1sccc1Br. The van der Waals surface area contributed by atoms with Gasteiger partial charge in [-0.15, -0.1) is 11.3 Å². The summed E-state index contributed by atoms with van der Waals surface area (Å²) in [5.74, 6) is 0. The van der Waals surface area contributed by atoms with E-state index in [9.17, 15) is 0 Å². The van der Waals surface area contributed by atoms with Crippen LogP contribution in [0.15, 0.2) is 15.9 Å². The Bertz CT molecular complexity index is 290. The molecular formula is C11H18BrNOS. The van der Waals surface area contributed by atoms with E-state index in [0.29, 0.717) is 6.04 Å². The lowest BCUT2D eigenvalue weighted by molar-refractivity contribution is 0.0744. The quantitative estimate of drug-likeness (QED) is 0.865. The maximum Gasteiger partial charge on any atom is 0.0671 e. The first-order chi connectivity index (χ1) is 7.15. The van der Waals surface area contributed by atoms with Crippen molar-refractivity contribution < 1.29 is 4.74 Å². The standard InChI is InChI=1S/C11H18BrNOS/c1-4-14-8(2)7-13-9(3)11-10(12)5-6-15-11/h5-6,8-9,13H,4,7H2,1-3H3. The third-order valence-electron chi connectivity index (χ3n) is 2.20. The van der Waals surface area contributed by atoms with Crippen LogP contribution in [0.5, 0.6) is 0 Å². The van der Waals surface area contributed by atoms with Crippen LogP contribution in [-0.4, -0.2) is 19.3 Å². The van der Waals surface area contributed by atoms with Gasteiger partial charge in [0.25, 0.3) is 0 Å². The van der Waals surface area contributed by atoms with Crippen molar-refractivity contribution in [1.29, 1.82) is 0 Å². The molecule has 86 valence electrons. The summed E-state index contributed by atoms with van der Waals surface area (Å²) >= 11 is 5.32. The molecule has 0 radical (unpaired) electrons. The van der Waals surface area contributed by atoms with E-state index in [1.54, 1.807) is 11.3 Å². The van der Waals surface area contributed by atoms with E-state index in [2.05, 4.69) is 46.5 Å². The van der Waals surface area contributed by atoms with Crippen molar-refractivity contribution in [1.82, 2.24) is 5.32 Å². The number of ether oxygens (including phenoxy) is 1. The largest absolute Gasteiger partial charge is 0.377 e. The number of rotatable bonds is 6. The average Bonchev–Trinajstić information content (AvgIpc) is 2.61. The summed E-state index contributed by atoms with van der Waals surface area (Å²) in [5, 5.41) is 5.57. The first-order valence-electron chi connectivity index (χ1n) is 5.23. The van der Waals surface area contributed by atoms with Gasteiger partial charge in [-0.3, -0.25) is 0 Å². The van der Waals surface area contributed by atoms with E-state index in [-0.39, 0.29) is 6.10 Å².